The Balaban J connectivity index is 1.49. The van der Waals surface area contributed by atoms with E-state index < -0.39 is 0 Å². The third-order valence-electron chi connectivity index (χ3n) is 5.97. The highest BCUT2D eigenvalue weighted by Crippen LogP contribution is 2.32. The standard InChI is InChI=1S/C21H29N5O/c1-16-8-7-11-18(14-16)26-23-21(22-24-26)19-12-5-6-13-25(19)20(27)15-17-9-3-2-4-10-17/h7-8,11,14,17,19H,2-6,9-10,12-13,15H2,1H3. The molecule has 144 valence electrons. The Kier molecular flexibility index (Phi) is 5.50. The van der Waals surface area contributed by atoms with Crippen molar-refractivity contribution in [2.75, 3.05) is 6.54 Å². The minimum atomic E-state index is -0.0339. The van der Waals surface area contributed by atoms with Crippen LogP contribution in [0.1, 0.15) is 75.2 Å². The van der Waals surface area contributed by atoms with Crippen LogP contribution >= 0.6 is 0 Å². The van der Waals surface area contributed by atoms with Crippen molar-refractivity contribution in [3.05, 3.63) is 35.7 Å². The molecule has 2 fully saturated rings. The summed E-state index contributed by atoms with van der Waals surface area (Å²) in [7, 11) is 0. The lowest BCUT2D eigenvalue weighted by Crippen LogP contribution is -2.40. The third kappa shape index (κ3) is 4.20. The molecule has 4 rings (SSSR count). The Hall–Kier alpha value is -2.24. The first kappa shape index (κ1) is 18.1. The van der Waals surface area contributed by atoms with Crippen LogP contribution in [-0.4, -0.2) is 37.6 Å². The van der Waals surface area contributed by atoms with E-state index in [9.17, 15) is 4.79 Å². The van der Waals surface area contributed by atoms with Crippen molar-refractivity contribution in [2.45, 2.75) is 70.8 Å². The maximum atomic E-state index is 13.0. The number of aryl methyl sites for hydroxylation is 1. The molecule has 2 heterocycles. The first-order valence-corrected chi connectivity index (χ1v) is 10.4. The van der Waals surface area contributed by atoms with Crippen LogP contribution in [0.4, 0.5) is 0 Å². The van der Waals surface area contributed by atoms with Crippen LogP contribution in [0.2, 0.25) is 0 Å². The van der Waals surface area contributed by atoms with Gasteiger partial charge in [-0.3, -0.25) is 4.79 Å². The van der Waals surface area contributed by atoms with Crippen molar-refractivity contribution in [1.82, 2.24) is 25.1 Å². The van der Waals surface area contributed by atoms with Gasteiger partial charge in [-0.25, -0.2) is 0 Å². The minimum Gasteiger partial charge on any atom is -0.332 e. The van der Waals surface area contributed by atoms with Gasteiger partial charge >= 0.3 is 0 Å². The topological polar surface area (TPSA) is 63.9 Å². The van der Waals surface area contributed by atoms with E-state index in [4.69, 9.17) is 0 Å². The number of aromatic nitrogens is 4. The molecule has 1 amide bonds. The molecule has 1 saturated carbocycles. The zero-order valence-electron chi connectivity index (χ0n) is 16.2. The molecule has 1 aliphatic heterocycles. The van der Waals surface area contributed by atoms with Crippen LogP contribution in [0.15, 0.2) is 24.3 Å². The van der Waals surface area contributed by atoms with Gasteiger partial charge in [0.15, 0.2) is 5.82 Å². The van der Waals surface area contributed by atoms with Crippen LogP contribution in [0.5, 0.6) is 0 Å². The first-order chi connectivity index (χ1) is 13.2. The zero-order chi connectivity index (χ0) is 18.6. The number of carbonyl (C=O) groups is 1. The Morgan fingerprint density at radius 1 is 1.11 bits per heavy atom. The summed E-state index contributed by atoms with van der Waals surface area (Å²) in [6.07, 6.45) is 10.1. The Morgan fingerprint density at radius 2 is 1.93 bits per heavy atom. The van der Waals surface area contributed by atoms with E-state index in [1.807, 2.05) is 36.1 Å². The number of nitrogens with zero attached hydrogens (tertiary/aromatic N) is 5. The highest BCUT2D eigenvalue weighted by atomic mass is 16.2. The van der Waals surface area contributed by atoms with E-state index in [-0.39, 0.29) is 11.9 Å². The number of rotatable bonds is 4. The quantitative estimate of drug-likeness (QED) is 0.819. The van der Waals surface area contributed by atoms with Crippen molar-refractivity contribution in [2.24, 2.45) is 5.92 Å². The molecule has 0 N–H and O–H groups in total. The van der Waals surface area contributed by atoms with Gasteiger partial charge < -0.3 is 4.90 Å². The molecular weight excluding hydrogens is 338 g/mol. The molecule has 0 bridgehead atoms. The lowest BCUT2D eigenvalue weighted by Gasteiger charge is -2.35. The van der Waals surface area contributed by atoms with Gasteiger partial charge in [0.05, 0.1) is 11.7 Å². The number of amides is 1. The van der Waals surface area contributed by atoms with Gasteiger partial charge in [0.25, 0.3) is 0 Å². The van der Waals surface area contributed by atoms with Crippen molar-refractivity contribution in [3.8, 4) is 5.69 Å². The van der Waals surface area contributed by atoms with E-state index in [0.717, 1.165) is 37.1 Å². The highest BCUT2D eigenvalue weighted by Gasteiger charge is 2.32. The summed E-state index contributed by atoms with van der Waals surface area (Å²) in [6, 6.07) is 8.03. The summed E-state index contributed by atoms with van der Waals surface area (Å²) < 4.78 is 0. The number of likely N-dealkylation sites (tertiary alicyclic amines) is 1. The van der Waals surface area contributed by atoms with E-state index in [0.29, 0.717) is 18.2 Å². The number of benzene rings is 1. The van der Waals surface area contributed by atoms with Crippen molar-refractivity contribution in [3.63, 3.8) is 0 Å². The zero-order valence-corrected chi connectivity index (χ0v) is 16.2. The molecule has 1 unspecified atom stereocenters. The Morgan fingerprint density at radius 3 is 2.74 bits per heavy atom. The maximum absolute atomic E-state index is 13.0. The largest absolute Gasteiger partial charge is 0.332 e. The fraction of sp³-hybridized carbons (Fsp3) is 0.619. The van der Waals surface area contributed by atoms with Gasteiger partial charge in [-0.05, 0) is 67.9 Å². The van der Waals surface area contributed by atoms with Crippen molar-refractivity contribution >= 4 is 5.91 Å². The number of hydrogen-bond acceptors (Lipinski definition) is 4. The maximum Gasteiger partial charge on any atom is 0.223 e. The fourth-order valence-electron chi connectivity index (χ4n) is 4.47. The number of carbonyl (C=O) groups excluding carboxylic acids is 1. The molecule has 6 heteroatoms. The van der Waals surface area contributed by atoms with Gasteiger partial charge in [-0.15, -0.1) is 15.0 Å². The monoisotopic (exact) mass is 367 g/mol. The van der Waals surface area contributed by atoms with Crippen molar-refractivity contribution < 1.29 is 4.79 Å². The second-order valence-corrected chi connectivity index (χ2v) is 8.08. The average molecular weight is 367 g/mol. The molecule has 27 heavy (non-hydrogen) atoms. The fourth-order valence-corrected chi connectivity index (χ4v) is 4.47. The second kappa shape index (κ2) is 8.19. The summed E-state index contributed by atoms with van der Waals surface area (Å²) in [5, 5.41) is 13.2. The van der Waals surface area contributed by atoms with Gasteiger partial charge in [-0.2, -0.15) is 0 Å². The predicted molar refractivity (Wildman–Crippen MR) is 103 cm³/mol. The van der Waals surface area contributed by atoms with E-state index in [2.05, 4.69) is 15.4 Å². The SMILES string of the molecule is Cc1cccc(-n2nnc(C3CCCCN3C(=O)CC3CCCCC3)n2)c1. The number of hydrogen-bond donors (Lipinski definition) is 0. The summed E-state index contributed by atoms with van der Waals surface area (Å²) in [5.74, 6) is 1.51. The van der Waals surface area contributed by atoms with E-state index >= 15 is 0 Å². The second-order valence-electron chi connectivity index (χ2n) is 8.08. The molecule has 2 aliphatic rings. The van der Waals surface area contributed by atoms with Crippen LogP contribution in [0, 0.1) is 12.8 Å². The molecule has 1 aromatic heterocycles. The van der Waals surface area contributed by atoms with Gasteiger partial charge in [-0.1, -0.05) is 31.4 Å². The Bertz CT molecular complexity index is 780. The number of piperidine rings is 1. The van der Waals surface area contributed by atoms with E-state index in [1.165, 1.54) is 32.1 Å². The molecule has 1 atom stereocenters. The summed E-state index contributed by atoms with van der Waals surface area (Å²) >= 11 is 0. The molecule has 1 saturated heterocycles. The molecule has 2 aromatic rings. The lowest BCUT2D eigenvalue weighted by molar-refractivity contribution is -0.136. The number of tetrazole rings is 1. The molecule has 0 spiro atoms. The van der Waals surface area contributed by atoms with Gasteiger partial charge in [0.2, 0.25) is 5.91 Å². The first-order valence-electron chi connectivity index (χ1n) is 10.4. The summed E-state index contributed by atoms with van der Waals surface area (Å²) in [4.78, 5) is 16.6. The molecule has 0 radical (unpaired) electrons. The summed E-state index contributed by atoms with van der Waals surface area (Å²) in [5.41, 5.74) is 2.07. The van der Waals surface area contributed by atoms with Crippen LogP contribution in [0.25, 0.3) is 5.69 Å². The van der Waals surface area contributed by atoms with Crippen molar-refractivity contribution in [1.29, 1.82) is 0 Å². The van der Waals surface area contributed by atoms with Crippen LogP contribution in [0.3, 0.4) is 0 Å². The molecule has 1 aliphatic carbocycles. The average Bonchev–Trinajstić information content (AvgIpc) is 3.19. The lowest BCUT2D eigenvalue weighted by atomic mass is 9.86. The smallest absolute Gasteiger partial charge is 0.223 e. The van der Waals surface area contributed by atoms with Gasteiger partial charge in [0, 0.05) is 13.0 Å². The summed E-state index contributed by atoms with van der Waals surface area (Å²) in [6.45, 7) is 2.86. The Labute approximate surface area is 160 Å². The molecule has 6 nitrogen and oxygen atoms in total. The highest BCUT2D eigenvalue weighted by molar-refractivity contribution is 5.77. The van der Waals surface area contributed by atoms with Crippen LogP contribution in [-0.2, 0) is 4.79 Å². The van der Waals surface area contributed by atoms with Crippen LogP contribution < -0.4 is 0 Å². The predicted octanol–water partition coefficient (Wildman–Crippen LogP) is 3.99. The van der Waals surface area contributed by atoms with Gasteiger partial charge in [0.1, 0.15) is 0 Å². The van der Waals surface area contributed by atoms with E-state index in [1.54, 1.807) is 4.80 Å². The third-order valence-corrected chi connectivity index (χ3v) is 5.97. The molecular formula is C21H29N5O. The minimum absolute atomic E-state index is 0.0339. The normalized spacial score (nSPS) is 21.4. The molecule has 1 aromatic carbocycles.